The molecule has 0 saturated carbocycles. The largest absolute Gasteiger partial charge is 0.339 e. The lowest BCUT2D eigenvalue weighted by Crippen LogP contribution is -2.46. The predicted molar refractivity (Wildman–Crippen MR) is 128 cm³/mol. The van der Waals surface area contributed by atoms with Gasteiger partial charge in [-0.3, -0.25) is 4.79 Å². The van der Waals surface area contributed by atoms with Gasteiger partial charge in [-0.05, 0) is 52.2 Å². The highest BCUT2D eigenvalue weighted by Gasteiger charge is 2.26. The smallest absolute Gasteiger partial charge is 0.226 e. The third-order valence-corrected chi connectivity index (χ3v) is 6.46. The van der Waals surface area contributed by atoms with Crippen LogP contribution in [0.4, 0.5) is 0 Å². The van der Waals surface area contributed by atoms with E-state index in [1.165, 1.54) is 37.9 Å². The maximum Gasteiger partial charge on any atom is 0.226 e. The zero-order chi connectivity index (χ0) is 21.5. The molecule has 0 bridgehead atoms. The van der Waals surface area contributed by atoms with E-state index in [1.54, 1.807) is 0 Å². The zero-order valence-corrected chi connectivity index (χ0v) is 19.9. The molecule has 0 radical (unpaired) electrons. The van der Waals surface area contributed by atoms with Crippen LogP contribution in [0.15, 0.2) is 28.8 Å². The number of aryl methyl sites for hydroxylation is 2. The minimum Gasteiger partial charge on any atom is -0.339 e. The van der Waals surface area contributed by atoms with Gasteiger partial charge < -0.3 is 19.6 Å². The summed E-state index contributed by atoms with van der Waals surface area (Å²) in [6.45, 7) is 8.14. The van der Waals surface area contributed by atoms with Crippen LogP contribution in [0.5, 0.6) is 0 Å². The van der Waals surface area contributed by atoms with E-state index in [-0.39, 0.29) is 18.3 Å². The Labute approximate surface area is 197 Å². The summed E-state index contributed by atoms with van der Waals surface area (Å²) in [6, 6.07) is 8.42. The number of likely N-dealkylation sites (tertiary alicyclic amines) is 1. The first-order chi connectivity index (χ1) is 15.2. The van der Waals surface area contributed by atoms with Gasteiger partial charge in [0.2, 0.25) is 17.6 Å². The number of aromatic nitrogens is 2. The monoisotopic (exact) mass is 461 g/mol. The van der Waals surface area contributed by atoms with Crippen molar-refractivity contribution in [1.29, 1.82) is 0 Å². The van der Waals surface area contributed by atoms with Gasteiger partial charge in [0, 0.05) is 44.1 Å². The van der Waals surface area contributed by atoms with Crippen molar-refractivity contribution in [2.45, 2.75) is 57.9 Å². The average Bonchev–Trinajstić information content (AvgIpc) is 3.48. The number of benzene rings is 1. The van der Waals surface area contributed by atoms with Crippen LogP contribution < -0.4 is 5.32 Å². The summed E-state index contributed by atoms with van der Waals surface area (Å²) in [6.07, 6.45) is 6.85. The lowest BCUT2D eigenvalue weighted by molar-refractivity contribution is -0.133. The number of halogens is 1. The molecule has 8 heteroatoms. The van der Waals surface area contributed by atoms with Crippen LogP contribution in [-0.4, -0.2) is 71.2 Å². The van der Waals surface area contributed by atoms with E-state index in [2.05, 4.69) is 32.2 Å². The number of amides is 1. The van der Waals surface area contributed by atoms with Gasteiger partial charge in [0.1, 0.15) is 0 Å². The van der Waals surface area contributed by atoms with E-state index in [0.29, 0.717) is 30.6 Å². The van der Waals surface area contributed by atoms with Crippen LogP contribution in [0.1, 0.15) is 50.0 Å². The second-order valence-corrected chi connectivity index (χ2v) is 8.87. The molecule has 1 aromatic carbocycles. The van der Waals surface area contributed by atoms with Crippen molar-refractivity contribution in [3.63, 3.8) is 0 Å². The number of hydrogen-bond donors (Lipinski definition) is 1. The third kappa shape index (κ3) is 6.77. The molecule has 1 atom stereocenters. The van der Waals surface area contributed by atoms with Crippen molar-refractivity contribution in [2.75, 3.05) is 39.3 Å². The normalized spacial score (nSPS) is 19.0. The molecule has 1 unspecified atom stereocenters. The number of carbonyl (C=O) groups is 1. The first kappa shape index (κ1) is 24.7. The fourth-order valence-corrected chi connectivity index (χ4v) is 4.56. The Morgan fingerprint density at radius 2 is 2.00 bits per heavy atom. The molecule has 2 aromatic rings. The van der Waals surface area contributed by atoms with Crippen LogP contribution in [0.2, 0.25) is 0 Å². The summed E-state index contributed by atoms with van der Waals surface area (Å²) < 4.78 is 5.42. The van der Waals surface area contributed by atoms with E-state index in [0.717, 1.165) is 44.6 Å². The SMILES string of the molecule is Cc1ccc(-c2noc(CCCC(=O)N(CCN3CCCCC3)C3CCNC3)n2)cc1.Cl. The minimum atomic E-state index is 0. The maximum atomic E-state index is 13.1. The molecule has 3 heterocycles. The Morgan fingerprint density at radius 1 is 1.22 bits per heavy atom. The predicted octanol–water partition coefficient (Wildman–Crippen LogP) is 3.47. The molecule has 4 rings (SSSR count). The van der Waals surface area contributed by atoms with Crippen molar-refractivity contribution >= 4 is 18.3 Å². The molecule has 1 N–H and O–H groups in total. The molecule has 2 saturated heterocycles. The lowest BCUT2D eigenvalue weighted by atomic mass is 10.1. The highest BCUT2D eigenvalue weighted by molar-refractivity contribution is 5.85. The number of nitrogens with zero attached hydrogens (tertiary/aromatic N) is 4. The summed E-state index contributed by atoms with van der Waals surface area (Å²) in [4.78, 5) is 22.2. The Bertz CT molecular complexity index is 829. The molecule has 2 aliphatic heterocycles. The molecular weight excluding hydrogens is 426 g/mol. The minimum absolute atomic E-state index is 0. The van der Waals surface area contributed by atoms with Gasteiger partial charge in [-0.15, -0.1) is 12.4 Å². The van der Waals surface area contributed by atoms with Crippen LogP contribution in [0, 0.1) is 6.92 Å². The molecule has 32 heavy (non-hydrogen) atoms. The van der Waals surface area contributed by atoms with Crippen molar-refractivity contribution in [3.05, 3.63) is 35.7 Å². The number of hydrogen-bond acceptors (Lipinski definition) is 6. The summed E-state index contributed by atoms with van der Waals surface area (Å²) in [5, 5.41) is 7.51. The molecule has 176 valence electrons. The quantitative estimate of drug-likeness (QED) is 0.616. The topological polar surface area (TPSA) is 74.5 Å². The fraction of sp³-hybridized carbons (Fsp3) is 0.625. The van der Waals surface area contributed by atoms with Crippen LogP contribution in [0.25, 0.3) is 11.4 Å². The highest BCUT2D eigenvalue weighted by Crippen LogP contribution is 2.18. The van der Waals surface area contributed by atoms with Gasteiger partial charge in [-0.2, -0.15) is 4.98 Å². The third-order valence-electron chi connectivity index (χ3n) is 6.46. The Balaban J connectivity index is 0.00000289. The van der Waals surface area contributed by atoms with Gasteiger partial charge >= 0.3 is 0 Å². The van der Waals surface area contributed by atoms with Gasteiger partial charge in [0.15, 0.2) is 0 Å². The van der Waals surface area contributed by atoms with Gasteiger partial charge in [0.05, 0.1) is 0 Å². The molecule has 1 amide bonds. The standard InChI is InChI=1S/C24H35N5O2.ClH/c1-19-8-10-20(11-9-19)24-26-22(31-27-24)6-5-7-23(30)29(21-12-13-25-18-21)17-16-28-14-3-2-4-15-28;/h8-11,21,25H,2-7,12-18H2,1H3;1H. The van der Waals surface area contributed by atoms with Gasteiger partial charge in [-0.1, -0.05) is 41.4 Å². The summed E-state index contributed by atoms with van der Waals surface area (Å²) in [7, 11) is 0. The van der Waals surface area contributed by atoms with E-state index in [9.17, 15) is 4.79 Å². The molecular formula is C24H36ClN5O2. The molecule has 7 nitrogen and oxygen atoms in total. The fourth-order valence-electron chi connectivity index (χ4n) is 4.56. The average molecular weight is 462 g/mol. The van der Waals surface area contributed by atoms with E-state index < -0.39 is 0 Å². The molecule has 2 aliphatic rings. The number of carbonyl (C=O) groups excluding carboxylic acids is 1. The Kier molecular flexibility index (Phi) is 9.51. The van der Waals surface area contributed by atoms with E-state index in [1.807, 2.05) is 24.3 Å². The molecule has 0 spiro atoms. The highest BCUT2D eigenvalue weighted by atomic mass is 35.5. The van der Waals surface area contributed by atoms with Gasteiger partial charge in [-0.25, -0.2) is 0 Å². The van der Waals surface area contributed by atoms with Crippen molar-refractivity contribution in [2.24, 2.45) is 0 Å². The lowest BCUT2D eigenvalue weighted by Gasteiger charge is -2.33. The maximum absolute atomic E-state index is 13.1. The summed E-state index contributed by atoms with van der Waals surface area (Å²) >= 11 is 0. The second kappa shape index (κ2) is 12.3. The van der Waals surface area contributed by atoms with Crippen LogP contribution in [-0.2, 0) is 11.2 Å². The number of piperidine rings is 1. The van der Waals surface area contributed by atoms with Gasteiger partial charge in [0.25, 0.3) is 0 Å². The van der Waals surface area contributed by atoms with E-state index >= 15 is 0 Å². The molecule has 1 aromatic heterocycles. The Hall–Kier alpha value is -1.96. The molecule has 0 aliphatic carbocycles. The number of nitrogens with one attached hydrogen (secondary N) is 1. The zero-order valence-electron chi connectivity index (χ0n) is 19.1. The van der Waals surface area contributed by atoms with Crippen molar-refractivity contribution in [1.82, 2.24) is 25.3 Å². The first-order valence-corrected chi connectivity index (χ1v) is 11.8. The second-order valence-electron chi connectivity index (χ2n) is 8.87. The van der Waals surface area contributed by atoms with E-state index in [4.69, 9.17) is 4.52 Å². The van der Waals surface area contributed by atoms with Crippen molar-refractivity contribution < 1.29 is 9.32 Å². The first-order valence-electron chi connectivity index (χ1n) is 11.8. The van der Waals surface area contributed by atoms with Crippen LogP contribution >= 0.6 is 12.4 Å². The molecule has 2 fully saturated rings. The Morgan fingerprint density at radius 3 is 2.72 bits per heavy atom. The van der Waals surface area contributed by atoms with Crippen LogP contribution in [0.3, 0.4) is 0 Å². The summed E-state index contributed by atoms with van der Waals surface area (Å²) in [5.41, 5.74) is 2.16. The van der Waals surface area contributed by atoms with Crippen molar-refractivity contribution in [3.8, 4) is 11.4 Å². The number of rotatable bonds is 9. The summed E-state index contributed by atoms with van der Waals surface area (Å²) in [5.74, 6) is 1.47.